The molecule has 0 aliphatic rings. The van der Waals surface area contributed by atoms with E-state index in [2.05, 4.69) is 20.8 Å². The standard InChI is InChI=1S/C12H26O4/c1-9(2)15-11(8-14)16-10(7-13)6-12(3,4)5/h9-11,13-14H,6-8H2,1-5H3. The van der Waals surface area contributed by atoms with Gasteiger partial charge >= 0.3 is 0 Å². The molecule has 2 unspecified atom stereocenters. The van der Waals surface area contributed by atoms with Crippen LogP contribution in [0.5, 0.6) is 0 Å². The van der Waals surface area contributed by atoms with Gasteiger partial charge in [-0.25, -0.2) is 0 Å². The van der Waals surface area contributed by atoms with Crippen molar-refractivity contribution >= 4 is 0 Å². The second-order valence-electron chi connectivity index (χ2n) is 5.50. The highest BCUT2D eigenvalue weighted by atomic mass is 16.7. The van der Waals surface area contributed by atoms with Crippen LogP contribution in [0.15, 0.2) is 0 Å². The monoisotopic (exact) mass is 234 g/mol. The molecule has 0 saturated carbocycles. The smallest absolute Gasteiger partial charge is 0.181 e. The molecule has 0 spiro atoms. The topological polar surface area (TPSA) is 58.9 Å². The van der Waals surface area contributed by atoms with Crippen LogP contribution in [0.2, 0.25) is 0 Å². The van der Waals surface area contributed by atoms with Crippen LogP contribution >= 0.6 is 0 Å². The summed E-state index contributed by atoms with van der Waals surface area (Å²) >= 11 is 0. The highest BCUT2D eigenvalue weighted by Gasteiger charge is 2.22. The third kappa shape index (κ3) is 8.05. The van der Waals surface area contributed by atoms with Gasteiger partial charge in [0.1, 0.15) is 0 Å². The number of hydrogen-bond acceptors (Lipinski definition) is 4. The fraction of sp³-hybridized carbons (Fsp3) is 1.00. The van der Waals surface area contributed by atoms with Crippen molar-refractivity contribution in [3.8, 4) is 0 Å². The molecule has 16 heavy (non-hydrogen) atoms. The van der Waals surface area contributed by atoms with Gasteiger partial charge in [-0.05, 0) is 25.7 Å². The Bertz CT molecular complexity index is 174. The second kappa shape index (κ2) is 7.22. The normalized spacial score (nSPS) is 16.5. The summed E-state index contributed by atoms with van der Waals surface area (Å²) in [7, 11) is 0. The van der Waals surface area contributed by atoms with Crippen molar-refractivity contribution in [1.29, 1.82) is 0 Å². The minimum atomic E-state index is -0.653. The van der Waals surface area contributed by atoms with Gasteiger partial charge in [-0.3, -0.25) is 0 Å². The number of ether oxygens (including phenoxy) is 2. The SMILES string of the molecule is CC(C)OC(CO)OC(CO)CC(C)(C)C. The summed E-state index contributed by atoms with van der Waals surface area (Å²) in [4.78, 5) is 0. The van der Waals surface area contributed by atoms with E-state index in [1.165, 1.54) is 0 Å². The molecule has 0 amide bonds. The van der Waals surface area contributed by atoms with Gasteiger partial charge in [-0.1, -0.05) is 20.8 Å². The summed E-state index contributed by atoms with van der Waals surface area (Å²) in [6, 6.07) is 0. The van der Waals surface area contributed by atoms with E-state index in [-0.39, 0.29) is 30.8 Å². The van der Waals surface area contributed by atoms with Gasteiger partial charge < -0.3 is 19.7 Å². The van der Waals surface area contributed by atoms with Gasteiger partial charge in [0.25, 0.3) is 0 Å². The van der Waals surface area contributed by atoms with E-state index < -0.39 is 6.29 Å². The van der Waals surface area contributed by atoms with Gasteiger partial charge in [0.2, 0.25) is 0 Å². The lowest BCUT2D eigenvalue weighted by Crippen LogP contribution is -2.34. The van der Waals surface area contributed by atoms with E-state index in [1.807, 2.05) is 13.8 Å². The van der Waals surface area contributed by atoms with Crippen LogP contribution in [0.25, 0.3) is 0 Å². The van der Waals surface area contributed by atoms with E-state index in [4.69, 9.17) is 14.6 Å². The van der Waals surface area contributed by atoms with Crippen LogP contribution in [0.1, 0.15) is 41.0 Å². The Balaban J connectivity index is 4.17. The minimum absolute atomic E-state index is 0.00821. The Labute approximate surface area is 98.6 Å². The van der Waals surface area contributed by atoms with Gasteiger partial charge in [0.05, 0.1) is 25.4 Å². The Kier molecular flexibility index (Phi) is 7.15. The summed E-state index contributed by atoms with van der Waals surface area (Å²) < 4.78 is 10.9. The molecule has 4 heteroatoms. The average Bonchev–Trinajstić information content (AvgIpc) is 2.12. The van der Waals surface area contributed by atoms with Crippen LogP contribution in [-0.4, -0.2) is 41.9 Å². The molecule has 0 radical (unpaired) electrons. The third-order valence-corrected chi connectivity index (χ3v) is 1.96. The van der Waals surface area contributed by atoms with E-state index in [1.54, 1.807) is 0 Å². The molecule has 0 rings (SSSR count). The van der Waals surface area contributed by atoms with E-state index in [9.17, 15) is 5.11 Å². The summed E-state index contributed by atoms with van der Waals surface area (Å²) in [5.41, 5.74) is 0.0746. The van der Waals surface area contributed by atoms with Crippen molar-refractivity contribution < 1.29 is 19.7 Å². The molecule has 0 aromatic carbocycles. The van der Waals surface area contributed by atoms with Gasteiger partial charge in [0, 0.05) is 0 Å². The van der Waals surface area contributed by atoms with E-state index in [0.29, 0.717) is 0 Å². The summed E-state index contributed by atoms with van der Waals surface area (Å²) in [6.45, 7) is 9.74. The maximum absolute atomic E-state index is 9.21. The van der Waals surface area contributed by atoms with Gasteiger partial charge in [-0.2, -0.15) is 0 Å². The molecule has 0 bridgehead atoms. The van der Waals surface area contributed by atoms with Gasteiger partial charge in [-0.15, -0.1) is 0 Å². The molecule has 0 aromatic heterocycles. The first-order valence-corrected chi connectivity index (χ1v) is 5.81. The quantitative estimate of drug-likeness (QED) is 0.656. The zero-order chi connectivity index (χ0) is 12.8. The van der Waals surface area contributed by atoms with Crippen LogP contribution in [0.3, 0.4) is 0 Å². The highest BCUT2D eigenvalue weighted by Crippen LogP contribution is 2.23. The first kappa shape index (κ1) is 15.8. The molecule has 0 heterocycles. The molecular formula is C12H26O4. The maximum atomic E-state index is 9.21. The third-order valence-electron chi connectivity index (χ3n) is 1.96. The summed E-state index contributed by atoms with van der Waals surface area (Å²) in [6.07, 6.45) is -0.233. The van der Waals surface area contributed by atoms with Crippen LogP contribution in [0, 0.1) is 5.41 Å². The van der Waals surface area contributed by atoms with E-state index >= 15 is 0 Å². The number of rotatable bonds is 7. The maximum Gasteiger partial charge on any atom is 0.181 e. The molecule has 0 aliphatic carbocycles. The molecule has 98 valence electrons. The zero-order valence-electron chi connectivity index (χ0n) is 11.1. The van der Waals surface area contributed by atoms with Crippen LogP contribution in [-0.2, 0) is 9.47 Å². The average molecular weight is 234 g/mol. The fourth-order valence-corrected chi connectivity index (χ4v) is 1.48. The zero-order valence-corrected chi connectivity index (χ0v) is 11.1. The summed E-state index contributed by atoms with van der Waals surface area (Å²) in [5, 5.41) is 18.3. The molecule has 4 nitrogen and oxygen atoms in total. The van der Waals surface area contributed by atoms with Crippen molar-refractivity contribution in [1.82, 2.24) is 0 Å². The predicted molar refractivity (Wildman–Crippen MR) is 63.1 cm³/mol. The van der Waals surface area contributed by atoms with Gasteiger partial charge in [0.15, 0.2) is 6.29 Å². The Morgan fingerprint density at radius 1 is 1.00 bits per heavy atom. The molecule has 0 saturated heterocycles. The minimum Gasteiger partial charge on any atom is -0.394 e. The first-order chi connectivity index (χ1) is 7.28. The highest BCUT2D eigenvalue weighted by molar-refractivity contribution is 4.69. The number of aliphatic hydroxyl groups excluding tert-OH is 2. The molecular weight excluding hydrogens is 208 g/mol. The van der Waals surface area contributed by atoms with Crippen LogP contribution < -0.4 is 0 Å². The Morgan fingerprint density at radius 2 is 1.56 bits per heavy atom. The van der Waals surface area contributed by atoms with Crippen molar-refractivity contribution in [3.05, 3.63) is 0 Å². The predicted octanol–water partition coefficient (Wildman–Crippen LogP) is 1.54. The van der Waals surface area contributed by atoms with E-state index in [0.717, 1.165) is 6.42 Å². The molecule has 0 aromatic rings. The Hall–Kier alpha value is -0.160. The first-order valence-electron chi connectivity index (χ1n) is 5.81. The van der Waals surface area contributed by atoms with Crippen molar-refractivity contribution in [2.24, 2.45) is 5.41 Å². The summed E-state index contributed by atoms with van der Waals surface area (Å²) in [5.74, 6) is 0. The molecule has 0 fully saturated rings. The lowest BCUT2D eigenvalue weighted by atomic mass is 9.89. The lowest BCUT2D eigenvalue weighted by molar-refractivity contribution is -0.213. The lowest BCUT2D eigenvalue weighted by Gasteiger charge is -2.28. The molecule has 2 N–H and O–H groups in total. The van der Waals surface area contributed by atoms with Crippen LogP contribution in [0.4, 0.5) is 0 Å². The van der Waals surface area contributed by atoms with Crippen molar-refractivity contribution in [2.75, 3.05) is 13.2 Å². The van der Waals surface area contributed by atoms with Crippen molar-refractivity contribution in [2.45, 2.75) is 59.5 Å². The fourth-order valence-electron chi connectivity index (χ4n) is 1.48. The van der Waals surface area contributed by atoms with Crippen molar-refractivity contribution in [3.63, 3.8) is 0 Å². The number of aliphatic hydroxyl groups is 2. The Morgan fingerprint density at radius 3 is 1.88 bits per heavy atom. The largest absolute Gasteiger partial charge is 0.394 e. The second-order valence-corrected chi connectivity index (χ2v) is 5.50. The molecule has 2 atom stereocenters. The molecule has 0 aliphatic heterocycles. The number of hydrogen-bond donors (Lipinski definition) is 2.